The van der Waals surface area contributed by atoms with Gasteiger partial charge >= 0.3 is 0 Å². The standard InChI is InChI=1S/C12H9ClN6O/c13-8-3-1-7(2-4-8)5-16-19-12-17-9-10(18-12)14-6-15-11(9)20/h1-6H,(H3,14,15,17,18,19,20)/b16-5-. The molecule has 0 atom stereocenters. The molecule has 2 heterocycles. The molecule has 1 aromatic carbocycles. The van der Waals surface area contributed by atoms with E-state index in [9.17, 15) is 4.79 Å². The summed E-state index contributed by atoms with van der Waals surface area (Å²) >= 11 is 5.79. The lowest BCUT2D eigenvalue weighted by molar-refractivity contribution is 1.15. The van der Waals surface area contributed by atoms with Gasteiger partial charge in [-0.05, 0) is 17.7 Å². The van der Waals surface area contributed by atoms with Crippen LogP contribution in [0.3, 0.4) is 0 Å². The summed E-state index contributed by atoms with van der Waals surface area (Å²) in [5.74, 6) is 0.342. The molecule has 8 heteroatoms. The minimum absolute atomic E-state index is 0.280. The summed E-state index contributed by atoms with van der Waals surface area (Å²) in [4.78, 5) is 24.7. The van der Waals surface area contributed by atoms with Gasteiger partial charge in [0.1, 0.15) is 0 Å². The molecule has 0 saturated heterocycles. The number of hydrogen-bond acceptors (Lipinski definition) is 5. The number of imidazole rings is 1. The molecule has 0 aliphatic heterocycles. The second kappa shape index (κ2) is 5.14. The molecule has 3 N–H and O–H groups in total. The minimum atomic E-state index is -0.280. The van der Waals surface area contributed by atoms with Crippen molar-refractivity contribution in [2.24, 2.45) is 5.10 Å². The van der Waals surface area contributed by atoms with Crippen molar-refractivity contribution in [3.05, 3.63) is 51.5 Å². The fourth-order valence-corrected chi connectivity index (χ4v) is 1.74. The lowest BCUT2D eigenvalue weighted by atomic mass is 10.2. The average Bonchev–Trinajstić information content (AvgIpc) is 2.85. The third kappa shape index (κ3) is 2.52. The van der Waals surface area contributed by atoms with Crippen LogP contribution >= 0.6 is 11.6 Å². The van der Waals surface area contributed by atoms with Crippen LogP contribution in [0, 0.1) is 0 Å². The van der Waals surface area contributed by atoms with Gasteiger partial charge < -0.3 is 9.97 Å². The van der Waals surface area contributed by atoms with Crippen molar-refractivity contribution in [3.8, 4) is 0 Å². The van der Waals surface area contributed by atoms with E-state index >= 15 is 0 Å². The van der Waals surface area contributed by atoms with Crippen LogP contribution < -0.4 is 11.0 Å². The molecule has 0 fully saturated rings. The summed E-state index contributed by atoms with van der Waals surface area (Å²) in [6.07, 6.45) is 2.91. The highest BCUT2D eigenvalue weighted by molar-refractivity contribution is 6.30. The first-order chi connectivity index (χ1) is 9.72. The molecule has 0 aliphatic rings. The summed E-state index contributed by atoms with van der Waals surface area (Å²) in [7, 11) is 0. The van der Waals surface area contributed by atoms with E-state index in [-0.39, 0.29) is 5.56 Å². The lowest BCUT2D eigenvalue weighted by Crippen LogP contribution is -2.05. The number of rotatable bonds is 3. The number of nitrogens with zero attached hydrogens (tertiary/aromatic N) is 3. The highest BCUT2D eigenvalue weighted by Gasteiger charge is 2.05. The van der Waals surface area contributed by atoms with Crippen molar-refractivity contribution < 1.29 is 0 Å². The second-order valence-corrected chi connectivity index (χ2v) is 4.37. The predicted molar refractivity (Wildman–Crippen MR) is 77.2 cm³/mol. The summed E-state index contributed by atoms with van der Waals surface area (Å²) in [5.41, 5.74) is 3.94. The van der Waals surface area contributed by atoms with Gasteiger partial charge in [-0.1, -0.05) is 23.7 Å². The third-order valence-electron chi connectivity index (χ3n) is 2.55. The number of fused-ring (bicyclic) bond motifs is 1. The fourth-order valence-electron chi connectivity index (χ4n) is 1.61. The number of benzene rings is 1. The van der Waals surface area contributed by atoms with Gasteiger partial charge in [0.05, 0.1) is 12.5 Å². The summed E-state index contributed by atoms with van der Waals surface area (Å²) in [5, 5.41) is 4.68. The Morgan fingerprint density at radius 1 is 1.30 bits per heavy atom. The van der Waals surface area contributed by atoms with Crippen LogP contribution in [0.15, 0.2) is 40.5 Å². The quantitative estimate of drug-likeness (QED) is 0.505. The van der Waals surface area contributed by atoms with Crippen LogP contribution in [0.1, 0.15) is 5.56 Å². The van der Waals surface area contributed by atoms with Gasteiger partial charge in [0.15, 0.2) is 11.2 Å². The van der Waals surface area contributed by atoms with Crippen molar-refractivity contribution in [2.45, 2.75) is 0 Å². The zero-order valence-electron chi connectivity index (χ0n) is 10.1. The molecule has 100 valence electrons. The molecular formula is C12H9ClN6O. The van der Waals surface area contributed by atoms with E-state index in [0.29, 0.717) is 22.1 Å². The van der Waals surface area contributed by atoms with Gasteiger partial charge in [0, 0.05) is 5.02 Å². The van der Waals surface area contributed by atoms with Crippen molar-refractivity contribution in [1.29, 1.82) is 0 Å². The normalized spacial score (nSPS) is 11.2. The molecule has 20 heavy (non-hydrogen) atoms. The first kappa shape index (κ1) is 12.4. The Labute approximate surface area is 117 Å². The molecule has 0 saturated carbocycles. The monoisotopic (exact) mass is 288 g/mol. The van der Waals surface area contributed by atoms with Crippen molar-refractivity contribution in [3.63, 3.8) is 0 Å². The Kier molecular flexibility index (Phi) is 3.18. The summed E-state index contributed by atoms with van der Waals surface area (Å²) in [6.45, 7) is 0. The average molecular weight is 289 g/mol. The van der Waals surface area contributed by atoms with Crippen LogP contribution in [0.5, 0.6) is 0 Å². The van der Waals surface area contributed by atoms with Crippen LogP contribution in [0.4, 0.5) is 5.95 Å². The number of hydrogen-bond donors (Lipinski definition) is 3. The van der Waals surface area contributed by atoms with Crippen molar-refractivity contribution in [1.82, 2.24) is 19.9 Å². The molecule has 0 aliphatic carbocycles. The topological polar surface area (TPSA) is 98.8 Å². The molecule has 3 aromatic rings. The Hall–Kier alpha value is -2.67. The van der Waals surface area contributed by atoms with Crippen LogP contribution in [0.25, 0.3) is 11.2 Å². The maximum atomic E-state index is 11.5. The van der Waals surface area contributed by atoms with Crippen molar-refractivity contribution in [2.75, 3.05) is 5.43 Å². The van der Waals surface area contributed by atoms with Gasteiger partial charge in [-0.25, -0.2) is 10.4 Å². The van der Waals surface area contributed by atoms with E-state index in [2.05, 4.69) is 30.5 Å². The predicted octanol–water partition coefficient (Wildman–Crippen LogP) is 1.75. The SMILES string of the molecule is O=c1[nH]cnc2nc(N/N=C\c3ccc(Cl)cc3)[nH]c12. The Morgan fingerprint density at radius 2 is 2.10 bits per heavy atom. The fraction of sp³-hybridized carbons (Fsp3) is 0. The zero-order valence-corrected chi connectivity index (χ0v) is 10.8. The lowest BCUT2D eigenvalue weighted by Gasteiger charge is -1.94. The molecule has 0 bridgehead atoms. The van der Waals surface area contributed by atoms with E-state index < -0.39 is 0 Å². The smallest absolute Gasteiger partial charge is 0.276 e. The Balaban J connectivity index is 1.78. The van der Waals surface area contributed by atoms with Gasteiger partial charge in [-0.15, -0.1) is 0 Å². The van der Waals surface area contributed by atoms with Crippen LogP contribution in [0.2, 0.25) is 5.02 Å². The third-order valence-corrected chi connectivity index (χ3v) is 2.80. The summed E-state index contributed by atoms with van der Waals surface area (Å²) in [6, 6.07) is 7.21. The van der Waals surface area contributed by atoms with Crippen LogP contribution in [-0.4, -0.2) is 26.2 Å². The summed E-state index contributed by atoms with van der Waals surface area (Å²) < 4.78 is 0. The second-order valence-electron chi connectivity index (χ2n) is 3.94. The molecule has 0 spiro atoms. The van der Waals surface area contributed by atoms with Gasteiger partial charge in [0.25, 0.3) is 5.56 Å². The van der Waals surface area contributed by atoms with Gasteiger partial charge in [-0.2, -0.15) is 10.1 Å². The van der Waals surface area contributed by atoms with E-state index in [1.165, 1.54) is 6.33 Å². The van der Waals surface area contributed by atoms with E-state index in [1.54, 1.807) is 18.3 Å². The molecule has 2 aromatic heterocycles. The first-order valence-corrected chi connectivity index (χ1v) is 6.08. The van der Waals surface area contributed by atoms with E-state index in [4.69, 9.17) is 11.6 Å². The maximum Gasteiger partial charge on any atom is 0.276 e. The van der Waals surface area contributed by atoms with Gasteiger partial charge in [0.2, 0.25) is 5.95 Å². The van der Waals surface area contributed by atoms with Crippen LogP contribution in [-0.2, 0) is 0 Å². The molecule has 3 rings (SSSR count). The largest absolute Gasteiger partial charge is 0.317 e. The molecular weight excluding hydrogens is 280 g/mol. The van der Waals surface area contributed by atoms with Crippen molar-refractivity contribution >= 4 is 34.9 Å². The highest BCUT2D eigenvalue weighted by Crippen LogP contribution is 2.09. The van der Waals surface area contributed by atoms with Gasteiger partial charge in [-0.3, -0.25) is 4.79 Å². The van der Waals surface area contributed by atoms with E-state index in [1.807, 2.05) is 12.1 Å². The Bertz CT molecular complexity index is 820. The molecule has 7 nitrogen and oxygen atoms in total. The van der Waals surface area contributed by atoms with E-state index in [0.717, 1.165) is 5.56 Å². The maximum absolute atomic E-state index is 11.5. The highest BCUT2D eigenvalue weighted by atomic mass is 35.5. The zero-order chi connectivity index (χ0) is 13.9. The number of anilines is 1. The molecule has 0 unspecified atom stereocenters. The number of aromatic amines is 2. The Morgan fingerprint density at radius 3 is 2.85 bits per heavy atom. The molecule has 0 radical (unpaired) electrons. The molecule has 0 amide bonds. The number of aromatic nitrogens is 4. The number of nitrogens with one attached hydrogen (secondary N) is 3. The number of halogens is 1. The minimum Gasteiger partial charge on any atom is -0.317 e. The number of H-pyrrole nitrogens is 2. The first-order valence-electron chi connectivity index (χ1n) is 5.70. The number of hydrazone groups is 1.